The smallest absolute Gasteiger partial charge is 0.221 e. The quantitative estimate of drug-likeness (QED) is 0.844. The fraction of sp³-hybridized carbons (Fsp3) is 0.611. The molecule has 0 aromatic heterocycles. The molecule has 0 fully saturated rings. The molecular weight excluding hydrogens is 260 g/mol. The minimum atomic E-state index is -0.218. The topological polar surface area (TPSA) is 55.1 Å². The second-order valence-corrected chi connectivity index (χ2v) is 7.59. The van der Waals surface area contributed by atoms with Crippen molar-refractivity contribution in [3.8, 4) is 0 Å². The highest BCUT2D eigenvalue weighted by Crippen LogP contribution is 2.20. The molecule has 3 nitrogen and oxygen atoms in total. The molecule has 1 amide bonds. The highest BCUT2D eigenvalue weighted by Gasteiger charge is 2.26. The maximum absolute atomic E-state index is 12.1. The van der Waals surface area contributed by atoms with Crippen molar-refractivity contribution in [2.24, 2.45) is 11.1 Å². The fourth-order valence-corrected chi connectivity index (χ4v) is 2.10. The van der Waals surface area contributed by atoms with Gasteiger partial charge in [0, 0.05) is 18.0 Å². The van der Waals surface area contributed by atoms with Crippen molar-refractivity contribution in [2.75, 3.05) is 0 Å². The van der Waals surface area contributed by atoms with Crippen LogP contribution in [-0.4, -0.2) is 17.5 Å². The zero-order valence-electron chi connectivity index (χ0n) is 14.1. The number of nitrogens with one attached hydrogen (secondary N) is 1. The van der Waals surface area contributed by atoms with Gasteiger partial charge >= 0.3 is 0 Å². The predicted molar refractivity (Wildman–Crippen MR) is 89.0 cm³/mol. The van der Waals surface area contributed by atoms with Gasteiger partial charge in [-0.15, -0.1) is 0 Å². The van der Waals surface area contributed by atoms with Crippen molar-refractivity contribution in [2.45, 2.75) is 65.5 Å². The van der Waals surface area contributed by atoms with Gasteiger partial charge in [0.05, 0.1) is 0 Å². The predicted octanol–water partition coefficient (Wildman–Crippen LogP) is 3.28. The summed E-state index contributed by atoms with van der Waals surface area (Å²) < 4.78 is 0. The number of nitrogens with two attached hydrogens (primary N) is 1. The summed E-state index contributed by atoms with van der Waals surface area (Å²) in [6.45, 7) is 10.3. The maximum atomic E-state index is 12.1. The first-order valence-corrected chi connectivity index (χ1v) is 7.71. The van der Waals surface area contributed by atoms with Gasteiger partial charge in [-0.3, -0.25) is 4.79 Å². The summed E-state index contributed by atoms with van der Waals surface area (Å²) in [5, 5.41) is 3.11. The van der Waals surface area contributed by atoms with E-state index in [1.54, 1.807) is 0 Å². The zero-order valence-corrected chi connectivity index (χ0v) is 14.1. The van der Waals surface area contributed by atoms with E-state index in [9.17, 15) is 4.79 Å². The summed E-state index contributed by atoms with van der Waals surface area (Å²) in [5.74, 6) is 0.0375. The van der Waals surface area contributed by atoms with Crippen molar-refractivity contribution in [1.82, 2.24) is 5.32 Å². The summed E-state index contributed by atoms with van der Waals surface area (Å²) in [7, 11) is 0. The van der Waals surface area contributed by atoms with Crippen LogP contribution >= 0.6 is 0 Å². The van der Waals surface area contributed by atoms with E-state index < -0.39 is 0 Å². The number of hydrogen-bond acceptors (Lipinski definition) is 2. The third-order valence-corrected chi connectivity index (χ3v) is 3.88. The van der Waals surface area contributed by atoms with Crippen molar-refractivity contribution in [3.63, 3.8) is 0 Å². The average molecular weight is 290 g/mol. The molecule has 0 aliphatic rings. The lowest BCUT2D eigenvalue weighted by molar-refractivity contribution is -0.123. The maximum Gasteiger partial charge on any atom is 0.221 e. The molecule has 1 aromatic rings. The van der Waals surface area contributed by atoms with Gasteiger partial charge in [-0.05, 0) is 37.7 Å². The van der Waals surface area contributed by atoms with Gasteiger partial charge in [-0.2, -0.15) is 0 Å². The normalized spacial score (nSPS) is 13.8. The SMILES string of the molecule is CC(C)(CCc1ccccc1)NC(=O)CC(N)C(C)(C)C. The van der Waals surface area contributed by atoms with Gasteiger partial charge < -0.3 is 11.1 Å². The molecule has 118 valence electrons. The Morgan fingerprint density at radius 2 is 1.71 bits per heavy atom. The molecule has 0 heterocycles. The number of amides is 1. The van der Waals surface area contributed by atoms with E-state index in [1.165, 1.54) is 5.56 Å². The van der Waals surface area contributed by atoms with E-state index in [-0.39, 0.29) is 22.9 Å². The number of hydrogen-bond donors (Lipinski definition) is 2. The van der Waals surface area contributed by atoms with Crippen molar-refractivity contribution in [1.29, 1.82) is 0 Å². The summed E-state index contributed by atoms with van der Waals surface area (Å²) >= 11 is 0. The zero-order chi connectivity index (χ0) is 16.1. The number of benzene rings is 1. The van der Waals surface area contributed by atoms with Crippen LogP contribution in [0.1, 0.15) is 53.0 Å². The summed E-state index contributed by atoms with van der Waals surface area (Å²) in [6.07, 6.45) is 2.24. The number of carbonyl (C=O) groups is 1. The van der Waals surface area contributed by atoms with Crippen LogP contribution in [0.25, 0.3) is 0 Å². The van der Waals surface area contributed by atoms with E-state index in [1.807, 2.05) is 18.2 Å². The molecule has 3 N–H and O–H groups in total. The molecule has 1 atom stereocenters. The molecule has 1 unspecified atom stereocenters. The third kappa shape index (κ3) is 6.76. The van der Waals surface area contributed by atoms with Gasteiger partial charge in [0.1, 0.15) is 0 Å². The molecule has 0 saturated heterocycles. The molecule has 0 spiro atoms. The van der Waals surface area contributed by atoms with E-state index >= 15 is 0 Å². The minimum absolute atomic E-state index is 0.0375. The van der Waals surface area contributed by atoms with Gasteiger partial charge in [0.2, 0.25) is 5.91 Å². The Morgan fingerprint density at radius 3 is 2.24 bits per heavy atom. The summed E-state index contributed by atoms with van der Waals surface area (Å²) in [6, 6.07) is 10.2. The molecule has 0 saturated carbocycles. The first-order chi connectivity index (χ1) is 9.60. The van der Waals surface area contributed by atoms with Gasteiger partial charge in [0.25, 0.3) is 0 Å². The largest absolute Gasteiger partial charge is 0.351 e. The highest BCUT2D eigenvalue weighted by atomic mass is 16.1. The van der Waals surface area contributed by atoms with E-state index in [0.717, 1.165) is 12.8 Å². The van der Waals surface area contributed by atoms with Crippen LogP contribution in [0.2, 0.25) is 0 Å². The molecular formula is C18H30N2O. The van der Waals surface area contributed by atoms with E-state index in [4.69, 9.17) is 5.73 Å². The molecule has 21 heavy (non-hydrogen) atoms. The number of rotatable bonds is 6. The number of aryl methyl sites for hydroxylation is 1. The summed E-state index contributed by atoms with van der Waals surface area (Å²) in [5.41, 5.74) is 7.10. The number of carbonyl (C=O) groups excluding carboxylic acids is 1. The Labute approximate surface area is 129 Å². The molecule has 1 rings (SSSR count). The summed E-state index contributed by atoms with van der Waals surface area (Å²) in [4.78, 5) is 12.1. The lowest BCUT2D eigenvalue weighted by Crippen LogP contribution is -2.47. The highest BCUT2D eigenvalue weighted by molar-refractivity contribution is 5.77. The molecule has 0 bridgehead atoms. The second-order valence-electron chi connectivity index (χ2n) is 7.59. The lowest BCUT2D eigenvalue weighted by Gasteiger charge is -2.30. The fourth-order valence-electron chi connectivity index (χ4n) is 2.10. The molecule has 1 aromatic carbocycles. The molecule has 0 aliphatic carbocycles. The van der Waals surface area contributed by atoms with Crippen LogP contribution in [0, 0.1) is 5.41 Å². The van der Waals surface area contributed by atoms with Crippen molar-refractivity contribution in [3.05, 3.63) is 35.9 Å². The Hall–Kier alpha value is -1.35. The standard InChI is InChI=1S/C18H30N2O/c1-17(2,3)15(19)13-16(21)20-18(4,5)12-11-14-9-7-6-8-10-14/h6-10,15H,11-13,19H2,1-5H3,(H,20,21). The van der Waals surface area contributed by atoms with Crippen LogP contribution in [0.15, 0.2) is 30.3 Å². The van der Waals surface area contributed by atoms with Crippen LogP contribution in [0.5, 0.6) is 0 Å². The van der Waals surface area contributed by atoms with Crippen LogP contribution in [0.4, 0.5) is 0 Å². The van der Waals surface area contributed by atoms with Gasteiger partial charge in [-0.1, -0.05) is 51.1 Å². The molecule has 0 aliphatic heterocycles. The van der Waals surface area contributed by atoms with Gasteiger partial charge in [-0.25, -0.2) is 0 Å². The first-order valence-electron chi connectivity index (χ1n) is 7.71. The van der Waals surface area contributed by atoms with E-state index in [0.29, 0.717) is 6.42 Å². The first kappa shape index (κ1) is 17.7. The van der Waals surface area contributed by atoms with Crippen LogP contribution in [0.3, 0.4) is 0 Å². The molecule has 0 radical (unpaired) electrons. The van der Waals surface area contributed by atoms with Crippen molar-refractivity contribution < 1.29 is 4.79 Å². The second kappa shape index (κ2) is 7.08. The van der Waals surface area contributed by atoms with Gasteiger partial charge in [0.15, 0.2) is 0 Å². The molecule has 3 heteroatoms. The third-order valence-electron chi connectivity index (χ3n) is 3.88. The Morgan fingerprint density at radius 1 is 1.14 bits per heavy atom. The van der Waals surface area contributed by atoms with Crippen LogP contribution in [-0.2, 0) is 11.2 Å². The Balaban J connectivity index is 2.46. The lowest BCUT2D eigenvalue weighted by atomic mass is 9.85. The average Bonchev–Trinajstić information content (AvgIpc) is 2.36. The Kier molecular flexibility index (Phi) is 5.97. The van der Waals surface area contributed by atoms with Crippen LogP contribution < -0.4 is 11.1 Å². The Bertz CT molecular complexity index is 446. The van der Waals surface area contributed by atoms with Crippen molar-refractivity contribution >= 4 is 5.91 Å². The minimum Gasteiger partial charge on any atom is -0.351 e. The monoisotopic (exact) mass is 290 g/mol. The van der Waals surface area contributed by atoms with E-state index in [2.05, 4.69) is 52.1 Å².